The summed E-state index contributed by atoms with van der Waals surface area (Å²) in [5, 5.41) is 11.1. The first-order chi connectivity index (χ1) is 8.56. The Balaban J connectivity index is 2.01. The SMILES string of the molecule is Cn1nnc(COC(=O)c2ccc(N)c(F)c2)n1. The minimum absolute atomic E-state index is 0.0258. The van der Waals surface area contributed by atoms with E-state index in [9.17, 15) is 9.18 Å². The van der Waals surface area contributed by atoms with Crippen molar-refractivity contribution in [2.45, 2.75) is 6.61 Å². The van der Waals surface area contributed by atoms with Crippen LogP contribution in [-0.4, -0.2) is 26.2 Å². The molecule has 2 aromatic rings. The molecule has 0 spiro atoms. The molecule has 0 amide bonds. The normalized spacial score (nSPS) is 10.3. The van der Waals surface area contributed by atoms with E-state index in [1.807, 2.05) is 0 Å². The number of carbonyl (C=O) groups is 1. The fourth-order valence-electron chi connectivity index (χ4n) is 1.25. The fourth-order valence-corrected chi connectivity index (χ4v) is 1.25. The molecule has 2 N–H and O–H groups in total. The highest BCUT2D eigenvalue weighted by Crippen LogP contribution is 2.13. The predicted octanol–water partition coefficient (Wildman–Crippen LogP) is 0.288. The van der Waals surface area contributed by atoms with Gasteiger partial charge in [0.2, 0.25) is 5.82 Å². The van der Waals surface area contributed by atoms with Gasteiger partial charge in [-0.1, -0.05) is 0 Å². The lowest BCUT2D eigenvalue weighted by Crippen LogP contribution is -2.07. The zero-order valence-corrected chi connectivity index (χ0v) is 9.50. The van der Waals surface area contributed by atoms with Crippen molar-refractivity contribution in [3.8, 4) is 0 Å². The number of aryl methyl sites for hydroxylation is 1. The van der Waals surface area contributed by atoms with Gasteiger partial charge in [-0.3, -0.25) is 0 Å². The van der Waals surface area contributed by atoms with Crippen LogP contribution in [0.1, 0.15) is 16.2 Å². The van der Waals surface area contributed by atoms with Crippen molar-refractivity contribution in [3.63, 3.8) is 0 Å². The molecule has 2 rings (SSSR count). The van der Waals surface area contributed by atoms with Crippen LogP contribution < -0.4 is 5.73 Å². The number of hydrogen-bond donors (Lipinski definition) is 1. The highest BCUT2D eigenvalue weighted by molar-refractivity contribution is 5.89. The molecule has 0 aliphatic carbocycles. The fraction of sp³-hybridized carbons (Fsp3) is 0.200. The number of benzene rings is 1. The molecule has 0 bridgehead atoms. The van der Waals surface area contributed by atoms with Crippen molar-refractivity contribution >= 4 is 11.7 Å². The molecule has 0 atom stereocenters. The first-order valence-electron chi connectivity index (χ1n) is 5.01. The lowest BCUT2D eigenvalue weighted by Gasteiger charge is -2.03. The van der Waals surface area contributed by atoms with Gasteiger partial charge < -0.3 is 10.5 Å². The van der Waals surface area contributed by atoms with Crippen molar-refractivity contribution < 1.29 is 13.9 Å². The quantitative estimate of drug-likeness (QED) is 0.622. The van der Waals surface area contributed by atoms with Gasteiger partial charge in [0.1, 0.15) is 5.82 Å². The van der Waals surface area contributed by atoms with Crippen LogP contribution in [0.3, 0.4) is 0 Å². The molecule has 0 radical (unpaired) electrons. The Labute approximate surface area is 101 Å². The molecule has 8 heteroatoms. The summed E-state index contributed by atoms with van der Waals surface area (Å²) < 4.78 is 18.0. The summed E-state index contributed by atoms with van der Waals surface area (Å²) >= 11 is 0. The molecule has 1 aromatic heterocycles. The standard InChI is InChI=1S/C10H10FN5O2/c1-16-14-9(13-15-16)5-18-10(17)6-2-3-8(12)7(11)4-6/h2-4H,5,12H2,1H3. The highest BCUT2D eigenvalue weighted by Gasteiger charge is 2.11. The Morgan fingerprint density at radius 3 is 2.94 bits per heavy atom. The molecule has 0 saturated carbocycles. The van der Waals surface area contributed by atoms with Crippen molar-refractivity contribution in [3.05, 3.63) is 35.4 Å². The summed E-state index contributed by atoms with van der Waals surface area (Å²) in [6.07, 6.45) is 0. The molecule has 18 heavy (non-hydrogen) atoms. The third-order valence-corrected chi connectivity index (χ3v) is 2.12. The number of carbonyl (C=O) groups excluding carboxylic acids is 1. The van der Waals surface area contributed by atoms with Gasteiger partial charge in [0.05, 0.1) is 18.3 Å². The van der Waals surface area contributed by atoms with Crippen molar-refractivity contribution in [2.75, 3.05) is 5.73 Å². The van der Waals surface area contributed by atoms with Gasteiger partial charge in [-0.15, -0.1) is 10.2 Å². The number of nitrogen functional groups attached to an aromatic ring is 1. The molecular weight excluding hydrogens is 241 g/mol. The Morgan fingerprint density at radius 1 is 1.56 bits per heavy atom. The molecule has 1 heterocycles. The zero-order chi connectivity index (χ0) is 13.1. The smallest absolute Gasteiger partial charge is 0.338 e. The number of aromatic nitrogens is 4. The number of tetrazole rings is 1. The molecule has 0 aliphatic heterocycles. The lowest BCUT2D eigenvalue weighted by atomic mass is 10.2. The van der Waals surface area contributed by atoms with Crippen molar-refractivity contribution in [2.24, 2.45) is 7.05 Å². The Kier molecular flexibility index (Phi) is 3.18. The van der Waals surface area contributed by atoms with Crippen LogP contribution in [-0.2, 0) is 18.4 Å². The first kappa shape index (κ1) is 12.0. The minimum Gasteiger partial charge on any atom is -0.454 e. The largest absolute Gasteiger partial charge is 0.454 e. The molecule has 94 valence electrons. The predicted molar refractivity (Wildman–Crippen MR) is 58.7 cm³/mol. The van der Waals surface area contributed by atoms with Gasteiger partial charge in [-0.05, 0) is 23.4 Å². The maximum atomic E-state index is 13.1. The summed E-state index contributed by atoms with van der Waals surface area (Å²) in [5.41, 5.74) is 5.35. The summed E-state index contributed by atoms with van der Waals surface area (Å²) in [7, 11) is 1.59. The summed E-state index contributed by atoms with van der Waals surface area (Å²) in [6.45, 7) is -0.126. The van der Waals surface area contributed by atoms with Gasteiger partial charge in [-0.2, -0.15) is 4.80 Å². The second-order valence-corrected chi connectivity index (χ2v) is 3.51. The second kappa shape index (κ2) is 4.78. The van der Waals surface area contributed by atoms with E-state index in [4.69, 9.17) is 10.5 Å². The zero-order valence-electron chi connectivity index (χ0n) is 9.50. The van der Waals surface area contributed by atoms with Crippen LogP contribution in [0, 0.1) is 5.82 Å². The molecular formula is C10H10FN5O2. The molecule has 0 saturated heterocycles. The topological polar surface area (TPSA) is 95.9 Å². The number of rotatable bonds is 3. The van der Waals surface area contributed by atoms with E-state index in [1.165, 1.54) is 16.9 Å². The minimum atomic E-state index is -0.679. The number of esters is 1. The summed E-state index contributed by atoms with van der Waals surface area (Å²) in [4.78, 5) is 12.8. The average Bonchev–Trinajstić information content (AvgIpc) is 2.75. The van der Waals surface area contributed by atoms with Gasteiger partial charge >= 0.3 is 5.97 Å². The number of ether oxygens (including phenoxy) is 1. The van der Waals surface area contributed by atoms with Crippen molar-refractivity contribution in [1.29, 1.82) is 0 Å². The van der Waals surface area contributed by atoms with E-state index in [0.717, 1.165) is 6.07 Å². The van der Waals surface area contributed by atoms with E-state index >= 15 is 0 Å². The van der Waals surface area contributed by atoms with Gasteiger partial charge in [-0.25, -0.2) is 9.18 Å². The number of halogens is 1. The van der Waals surface area contributed by atoms with Crippen LogP contribution >= 0.6 is 0 Å². The third-order valence-electron chi connectivity index (χ3n) is 2.12. The molecule has 0 fully saturated rings. The second-order valence-electron chi connectivity index (χ2n) is 3.51. The molecule has 1 aromatic carbocycles. The number of nitrogens with two attached hydrogens (primary N) is 1. The van der Waals surface area contributed by atoms with Crippen molar-refractivity contribution in [1.82, 2.24) is 20.2 Å². The van der Waals surface area contributed by atoms with Crippen LogP contribution in [0.2, 0.25) is 0 Å². The molecule has 0 aliphatic rings. The lowest BCUT2D eigenvalue weighted by molar-refractivity contribution is 0.0461. The molecule has 0 unspecified atom stereocenters. The van der Waals surface area contributed by atoms with E-state index in [1.54, 1.807) is 7.05 Å². The van der Waals surface area contributed by atoms with E-state index in [-0.39, 0.29) is 23.7 Å². The maximum Gasteiger partial charge on any atom is 0.338 e. The van der Waals surface area contributed by atoms with Gasteiger partial charge in [0.15, 0.2) is 6.61 Å². The Bertz CT molecular complexity index is 583. The van der Waals surface area contributed by atoms with Crippen LogP contribution in [0.5, 0.6) is 0 Å². The first-order valence-corrected chi connectivity index (χ1v) is 5.01. The molecule has 7 nitrogen and oxygen atoms in total. The average molecular weight is 251 g/mol. The number of hydrogen-bond acceptors (Lipinski definition) is 6. The highest BCUT2D eigenvalue weighted by atomic mass is 19.1. The van der Waals surface area contributed by atoms with Gasteiger partial charge in [0, 0.05) is 0 Å². The third kappa shape index (κ3) is 2.59. The number of anilines is 1. The monoisotopic (exact) mass is 251 g/mol. The van der Waals surface area contributed by atoms with E-state index in [2.05, 4.69) is 15.4 Å². The van der Waals surface area contributed by atoms with Gasteiger partial charge in [0.25, 0.3) is 0 Å². The van der Waals surface area contributed by atoms with Crippen LogP contribution in [0.4, 0.5) is 10.1 Å². The Morgan fingerprint density at radius 2 is 2.33 bits per heavy atom. The summed E-state index contributed by atoms with van der Waals surface area (Å²) in [5.74, 6) is -1.08. The van der Waals surface area contributed by atoms with E-state index < -0.39 is 11.8 Å². The van der Waals surface area contributed by atoms with Crippen LogP contribution in [0.15, 0.2) is 18.2 Å². The Hall–Kier alpha value is -2.51. The van der Waals surface area contributed by atoms with Crippen LogP contribution in [0.25, 0.3) is 0 Å². The van der Waals surface area contributed by atoms with E-state index in [0.29, 0.717) is 0 Å². The maximum absolute atomic E-state index is 13.1. The number of nitrogens with zero attached hydrogens (tertiary/aromatic N) is 4. The summed E-state index contributed by atoms with van der Waals surface area (Å²) in [6, 6.07) is 3.69.